The Bertz CT molecular complexity index is 405. The molecule has 1 aromatic rings. The number of hydrogen-bond donors (Lipinski definition) is 1. The molecule has 84 valence electrons. The molecule has 1 saturated heterocycles. The Hall–Kier alpha value is -1.37. The van der Waals surface area contributed by atoms with Crippen LogP contribution in [0.15, 0.2) is 24.3 Å². The third-order valence-corrected chi connectivity index (χ3v) is 3.03. The second kappa shape index (κ2) is 4.65. The number of aryl methyl sites for hydroxylation is 1. The van der Waals surface area contributed by atoms with Crippen molar-refractivity contribution in [2.45, 2.75) is 13.5 Å². The van der Waals surface area contributed by atoms with Gasteiger partial charge < -0.3 is 10.1 Å². The van der Waals surface area contributed by atoms with Gasteiger partial charge in [-0.3, -0.25) is 0 Å². The number of hydrogen-bond acceptors (Lipinski definition) is 3. The zero-order chi connectivity index (χ0) is 11.4. The zero-order valence-electron chi connectivity index (χ0n) is 9.49. The highest BCUT2D eigenvalue weighted by Gasteiger charge is 2.38. The highest BCUT2D eigenvalue weighted by molar-refractivity contribution is 5.25. The van der Waals surface area contributed by atoms with Gasteiger partial charge in [-0.15, -0.1) is 0 Å². The van der Waals surface area contributed by atoms with Crippen LogP contribution in [-0.2, 0) is 11.3 Å². The number of nitrogens with one attached hydrogen (secondary N) is 1. The van der Waals surface area contributed by atoms with Gasteiger partial charge >= 0.3 is 0 Å². The van der Waals surface area contributed by atoms with Gasteiger partial charge in [0.1, 0.15) is 5.41 Å². The Balaban J connectivity index is 1.85. The van der Waals surface area contributed by atoms with E-state index in [4.69, 9.17) is 10.00 Å². The van der Waals surface area contributed by atoms with Gasteiger partial charge in [0.15, 0.2) is 0 Å². The number of ether oxygens (including phenoxy) is 1. The normalized spacial score (nSPS) is 17.5. The minimum atomic E-state index is -0.289. The molecule has 16 heavy (non-hydrogen) atoms. The topological polar surface area (TPSA) is 45.0 Å². The van der Waals surface area contributed by atoms with E-state index in [2.05, 4.69) is 30.4 Å². The van der Waals surface area contributed by atoms with Crippen LogP contribution in [0.1, 0.15) is 11.1 Å². The number of nitriles is 1. The van der Waals surface area contributed by atoms with E-state index >= 15 is 0 Å². The molecule has 1 aromatic carbocycles. The molecule has 0 spiro atoms. The zero-order valence-corrected chi connectivity index (χ0v) is 9.49. The second-order valence-corrected chi connectivity index (χ2v) is 4.41. The first-order valence-corrected chi connectivity index (χ1v) is 5.50. The number of benzene rings is 1. The van der Waals surface area contributed by atoms with Crippen molar-refractivity contribution < 1.29 is 4.74 Å². The summed E-state index contributed by atoms with van der Waals surface area (Å²) in [6, 6.07) is 10.6. The molecule has 1 heterocycles. The van der Waals surface area contributed by atoms with Crippen molar-refractivity contribution >= 4 is 0 Å². The summed E-state index contributed by atoms with van der Waals surface area (Å²) in [5.41, 5.74) is 2.28. The van der Waals surface area contributed by atoms with Crippen molar-refractivity contribution in [1.82, 2.24) is 5.32 Å². The molecule has 1 N–H and O–H groups in total. The van der Waals surface area contributed by atoms with E-state index in [-0.39, 0.29) is 5.41 Å². The first-order chi connectivity index (χ1) is 7.76. The van der Waals surface area contributed by atoms with Crippen molar-refractivity contribution in [2.24, 2.45) is 5.41 Å². The summed E-state index contributed by atoms with van der Waals surface area (Å²) in [7, 11) is 0. The molecule has 0 saturated carbocycles. The average Bonchev–Trinajstić information content (AvgIpc) is 2.25. The minimum Gasteiger partial charge on any atom is -0.378 e. The fourth-order valence-electron chi connectivity index (χ4n) is 1.80. The maximum absolute atomic E-state index is 9.02. The van der Waals surface area contributed by atoms with E-state index in [1.165, 1.54) is 11.1 Å². The van der Waals surface area contributed by atoms with Gasteiger partial charge in [-0.05, 0) is 18.1 Å². The van der Waals surface area contributed by atoms with Gasteiger partial charge in [0.25, 0.3) is 0 Å². The summed E-state index contributed by atoms with van der Waals surface area (Å²) >= 11 is 0. The van der Waals surface area contributed by atoms with Gasteiger partial charge in [-0.25, -0.2) is 0 Å². The van der Waals surface area contributed by atoms with Crippen LogP contribution in [0.25, 0.3) is 0 Å². The van der Waals surface area contributed by atoms with Crippen LogP contribution >= 0.6 is 0 Å². The van der Waals surface area contributed by atoms with Crippen LogP contribution in [0.4, 0.5) is 0 Å². The third kappa shape index (κ3) is 2.24. The van der Waals surface area contributed by atoms with Gasteiger partial charge in [-0.2, -0.15) is 5.26 Å². The van der Waals surface area contributed by atoms with Gasteiger partial charge in [0.2, 0.25) is 0 Å². The van der Waals surface area contributed by atoms with Crippen molar-refractivity contribution in [3.8, 4) is 6.07 Å². The molecule has 0 amide bonds. The van der Waals surface area contributed by atoms with Crippen molar-refractivity contribution in [2.75, 3.05) is 19.8 Å². The van der Waals surface area contributed by atoms with Crippen LogP contribution in [0.2, 0.25) is 0 Å². The molecule has 0 aromatic heterocycles. The van der Waals surface area contributed by atoms with Crippen LogP contribution in [0.5, 0.6) is 0 Å². The molecular formula is C13H16N2O. The highest BCUT2D eigenvalue weighted by Crippen LogP contribution is 2.25. The summed E-state index contributed by atoms with van der Waals surface area (Å²) in [6.07, 6.45) is 0. The van der Waals surface area contributed by atoms with Crippen LogP contribution in [-0.4, -0.2) is 19.8 Å². The first kappa shape index (κ1) is 11.1. The summed E-state index contributed by atoms with van der Waals surface area (Å²) in [5, 5.41) is 12.4. The Morgan fingerprint density at radius 1 is 1.44 bits per heavy atom. The van der Waals surface area contributed by atoms with E-state index in [1.54, 1.807) is 0 Å². The van der Waals surface area contributed by atoms with E-state index in [0.29, 0.717) is 19.8 Å². The Morgan fingerprint density at radius 3 is 2.75 bits per heavy atom. The predicted octanol–water partition coefficient (Wildman–Crippen LogP) is 1.62. The van der Waals surface area contributed by atoms with Gasteiger partial charge in [-0.1, -0.05) is 24.3 Å². The molecule has 0 bridgehead atoms. The lowest BCUT2D eigenvalue weighted by molar-refractivity contribution is -0.0755. The van der Waals surface area contributed by atoms with E-state index in [0.717, 1.165) is 6.54 Å². The largest absolute Gasteiger partial charge is 0.378 e. The Labute approximate surface area is 96.0 Å². The molecule has 3 nitrogen and oxygen atoms in total. The fourth-order valence-corrected chi connectivity index (χ4v) is 1.80. The molecule has 2 rings (SSSR count). The second-order valence-electron chi connectivity index (χ2n) is 4.41. The highest BCUT2D eigenvalue weighted by atomic mass is 16.5. The van der Waals surface area contributed by atoms with Crippen molar-refractivity contribution in [3.05, 3.63) is 35.4 Å². The third-order valence-electron chi connectivity index (χ3n) is 3.03. The number of rotatable bonds is 4. The molecule has 1 aliphatic heterocycles. The van der Waals surface area contributed by atoms with Crippen LogP contribution < -0.4 is 5.32 Å². The molecule has 0 atom stereocenters. The smallest absolute Gasteiger partial charge is 0.116 e. The summed E-state index contributed by atoms with van der Waals surface area (Å²) in [5.74, 6) is 0. The monoisotopic (exact) mass is 216 g/mol. The average molecular weight is 216 g/mol. The predicted molar refractivity (Wildman–Crippen MR) is 61.8 cm³/mol. The molecule has 0 radical (unpaired) electrons. The van der Waals surface area contributed by atoms with Gasteiger partial charge in [0.05, 0.1) is 19.3 Å². The van der Waals surface area contributed by atoms with Gasteiger partial charge in [0, 0.05) is 13.1 Å². The minimum absolute atomic E-state index is 0.289. The van der Waals surface area contributed by atoms with Crippen molar-refractivity contribution in [1.29, 1.82) is 5.26 Å². The lowest BCUT2D eigenvalue weighted by atomic mass is 9.88. The van der Waals surface area contributed by atoms with Crippen LogP contribution in [0.3, 0.4) is 0 Å². The van der Waals surface area contributed by atoms with Crippen molar-refractivity contribution in [3.63, 3.8) is 0 Å². The Kier molecular flexibility index (Phi) is 3.23. The molecule has 1 fully saturated rings. The standard InChI is InChI=1S/C13H16N2O/c1-11-4-2-3-5-12(11)6-15-8-13(7-14)9-16-10-13/h2-5,15H,6,8-10H2,1H3. The molecule has 3 heteroatoms. The van der Waals surface area contributed by atoms with E-state index < -0.39 is 0 Å². The fraction of sp³-hybridized carbons (Fsp3) is 0.462. The lowest BCUT2D eigenvalue weighted by Gasteiger charge is -2.35. The lowest BCUT2D eigenvalue weighted by Crippen LogP contribution is -2.48. The van der Waals surface area contributed by atoms with E-state index in [1.807, 2.05) is 12.1 Å². The first-order valence-electron chi connectivity index (χ1n) is 5.50. The maximum Gasteiger partial charge on any atom is 0.116 e. The molecule has 0 unspecified atom stereocenters. The SMILES string of the molecule is Cc1ccccc1CNCC1(C#N)COC1. The molecular weight excluding hydrogens is 200 g/mol. The summed E-state index contributed by atoms with van der Waals surface area (Å²) in [4.78, 5) is 0. The number of nitrogens with zero attached hydrogens (tertiary/aromatic N) is 1. The Morgan fingerprint density at radius 2 is 2.19 bits per heavy atom. The van der Waals surface area contributed by atoms with E-state index in [9.17, 15) is 0 Å². The quantitative estimate of drug-likeness (QED) is 0.832. The van der Waals surface area contributed by atoms with Crippen LogP contribution in [0, 0.1) is 23.7 Å². The summed E-state index contributed by atoms with van der Waals surface area (Å²) < 4.78 is 5.09. The molecule has 1 aliphatic rings. The summed E-state index contributed by atoms with van der Waals surface area (Å²) in [6.45, 7) is 4.74. The maximum atomic E-state index is 9.02. The molecule has 0 aliphatic carbocycles.